The molecule has 0 aliphatic heterocycles. The predicted molar refractivity (Wildman–Crippen MR) is 64.5 cm³/mol. The van der Waals surface area contributed by atoms with E-state index in [-0.39, 0.29) is 0 Å². The molecule has 0 aliphatic carbocycles. The van der Waals surface area contributed by atoms with Crippen LogP contribution in [0.4, 0.5) is 8.78 Å². The Balaban J connectivity index is 2.87. The third-order valence-electron chi connectivity index (χ3n) is 2.35. The lowest BCUT2D eigenvalue weighted by molar-refractivity contribution is 0.223. The SMILES string of the molecule is COC/C(=C/c1ccc(F)cc1F)CCCN. The molecule has 1 aromatic rings. The molecule has 0 radical (unpaired) electrons. The summed E-state index contributed by atoms with van der Waals surface area (Å²) in [6.45, 7) is 1.00. The van der Waals surface area contributed by atoms with Gasteiger partial charge in [-0.15, -0.1) is 0 Å². The highest BCUT2D eigenvalue weighted by Gasteiger charge is 2.03. The first-order valence-electron chi connectivity index (χ1n) is 5.51. The Labute approximate surface area is 100 Å². The van der Waals surface area contributed by atoms with Crippen LogP contribution in [0.2, 0.25) is 0 Å². The molecule has 2 N–H and O–H groups in total. The molecule has 4 heteroatoms. The van der Waals surface area contributed by atoms with E-state index in [9.17, 15) is 8.78 Å². The van der Waals surface area contributed by atoms with Gasteiger partial charge in [-0.3, -0.25) is 0 Å². The number of hydrogen-bond acceptors (Lipinski definition) is 2. The Hall–Kier alpha value is -1.26. The van der Waals surface area contributed by atoms with E-state index in [0.717, 1.165) is 24.5 Å². The van der Waals surface area contributed by atoms with Gasteiger partial charge in [0.1, 0.15) is 11.6 Å². The molecular weight excluding hydrogens is 224 g/mol. The van der Waals surface area contributed by atoms with E-state index in [2.05, 4.69) is 0 Å². The van der Waals surface area contributed by atoms with Gasteiger partial charge >= 0.3 is 0 Å². The first-order valence-corrected chi connectivity index (χ1v) is 5.51. The first kappa shape index (κ1) is 13.8. The lowest BCUT2D eigenvalue weighted by Crippen LogP contribution is -2.02. The van der Waals surface area contributed by atoms with Gasteiger partial charge in [0.05, 0.1) is 6.61 Å². The van der Waals surface area contributed by atoms with E-state index >= 15 is 0 Å². The van der Waals surface area contributed by atoms with Gasteiger partial charge in [-0.1, -0.05) is 6.08 Å². The number of rotatable bonds is 6. The summed E-state index contributed by atoms with van der Waals surface area (Å²) in [6.07, 6.45) is 3.26. The van der Waals surface area contributed by atoms with Crippen LogP contribution in [0.1, 0.15) is 18.4 Å². The van der Waals surface area contributed by atoms with Crippen molar-refractivity contribution in [2.75, 3.05) is 20.3 Å². The molecule has 0 heterocycles. The van der Waals surface area contributed by atoms with Crippen LogP contribution < -0.4 is 5.73 Å². The standard InChI is InChI=1S/C13H17F2NO/c1-17-9-10(3-2-6-16)7-11-4-5-12(14)8-13(11)15/h4-5,7-8H,2-3,6,9,16H2,1H3/b10-7+. The second-order valence-corrected chi connectivity index (χ2v) is 3.79. The van der Waals surface area contributed by atoms with Crippen molar-refractivity contribution in [3.05, 3.63) is 41.0 Å². The van der Waals surface area contributed by atoms with Gasteiger partial charge in [0.25, 0.3) is 0 Å². The number of hydrogen-bond donors (Lipinski definition) is 1. The molecule has 0 spiro atoms. The molecule has 0 atom stereocenters. The van der Waals surface area contributed by atoms with Gasteiger partial charge in [-0.25, -0.2) is 8.78 Å². The molecule has 1 rings (SSSR count). The van der Waals surface area contributed by atoms with Crippen LogP contribution in [0, 0.1) is 11.6 Å². The van der Waals surface area contributed by atoms with Crippen LogP contribution in [0.5, 0.6) is 0 Å². The van der Waals surface area contributed by atoms with Crippen LogP contribution >= 0.6 is 0 Å². The summed E-state index contributed by atoms with van der Waals surface area (Å²) < 4.78 is 31.2. The topological polar surface area (TPSA) is 35.2 Å². The van der Waals surface area contributed by atoms with Crippen molar-refractivity contribution >= 4 is 6.08 Å². The fourth-order valence-electron chi connectivity index (χ4n) is 1.54. The third kappa shape index (κ3) is 4.63. The normalized spacial score (nSPS) is 11.9. The molecule has 0 fully saturated rings. The summed E-state index contributed by atoms with van der Waals surface area (Å²) in [4.78, 5) is 0. The molecule has 1 aromatic carbocycles. The molecular formula is C13H17F2NO. The minimum atomic E-state index is -0.574. The van der Waals surface area contributed by atoms with Crippen molar-refractivity contribution in [3.63, 3.8) is 0 Å². The van der Waals surface area contributed by atoms with E-state index in [0.29, 0.717) is 18.7 Å². The molecule has 2 nitrogen and oxygen atoms in total. The second kappa shape index (κ2) is 7.14. The minimum absolute atomic E-state index is 0.371. The van der Waals surface area contributed by atoms with Crippen molar-refractivity contribution in [2.45, 2.75) is 12.8 Å². The zero-order chi connectivity index (χ0) is 12.7. The quantitative estimate of drug-likeness (QED) is 0.831. The maximum Gasteiger partial charge on any atom is 0.133 e. The Morgan fingerprint density at radius 2 is 2.18 bits per heavy atom. The second-order valence-electron chi connectivity index (χ2n) is 3.79. The summed E-state index contributed by atoms with van der Waals surface area (Å²) in [5.74, 6) is -1.14. The van der Waals surface area contributed by atoms with Gasteiger partial charge in [-0.05, 0) is 37.1 Å². The van der Waals surface area contributed by atoms with Crippen molar-refractivity contribution in [3.8, 4) is 0 Å². The number of nitrogens with two attached hydrogens (primary N) is 1. The van der Waals surface area contributed by atoms with Gasteiger partial charge in [0.15, 0.2) is 0 Å². The lowest BCUT2D eigenvalue weighted by atomic mass is 10.1. The van der Waals surface area contributed by atoms with Crippen molar-refractivity contribution in [2.24, 2.45) is 5.73 Å². The Kier molecular flexibility index (Phi) is 5.80. The molecule has 0 saturated heterocycles. The van der Waals surface area contributed by atoms with E-state index in [1.807, 2.05) is 0 Å². The molecule has 17 heavy (non-hydrogen) atoms. The van der Waals surface area contributed by atoms with Gasteiger partial charge in [-0.2, -0.15) is 0 Å². The molecule has 0 saturated carbocycles. The Morgan fingerprint density at radius 3 is 2.76 bits per heavy atom. The highest BCUT2D eigenvalue weighted by molar-refractivity contribution is 5.53. The largest absolute Gasteiger partial charge is 0.380 e. The van der Waals surface area contributed by atoms with Crippen LogP contribution in [0.3, 0.4) is 0 Å². The van der Waals surface area contributed by atoms with E-state index in [1.165, 1.54) is 12.1 Å². The zero-order valence-corrected chi connectivity index (χ0v) is 9.88. The highest BCUT2D eigenvalue weighted by Crippen LogP contribution is 2.16. The average Bonchev–Trinajstić information content (AvgIpc) is 2.29. The van der Waals surface area contributed by atoms with E-state index in [1.54, 1.807) is 13.2 Å². The third-order valence-corrected chi connectivity index (χ3v) is 2.35. The molecule has 0 aliphatic rings. The highest BCUT2D eigenvalue weighted by atomic mass is 19.1. The molecule has 0 amide bonds. The first-order chi connectivity index (χ1) is 8.17. The van der Waals surface area contributed by atoms with Gasteiger partial charge in [0, 0.05) is 18.7 Å². The molecule has 0 unspecified atom stereocenters. The molecule has 0 bridgehead atoms. The molecule has 0 aromatic heterocycles. The van der Waals surface area contributed by atoms with Gasteiger partial charge < -0.3 is 10.5 Å². The molecule has 94 valence electrons. The van der Waals surface area contributed by atoms with Crippen molar-refractivity contribution in [1.29, 1.82) is 0 Å². The predicted octanol–water partition coefficient (Wildman–Crippen LogP) is 2.73. The maximum absolute atomic E-state index is 13.4. The summed E-state index contributed by atoms with van der Waals surface area (Å²) >= 11 is 0. The summed E-state index contributed by atoms with van der Waals surface area (Å²) in [6, 6.07) is 3.53. The van der Waals surface area contributed by atoms with E-state index in [4.69, 9.17) is 10.5 Å². The van der Waals surface area contributed by atoms with Gasteiger partial charge in [0.2, 0.25) is 0 Å². The van der Waals surface area contributed by atoms with Crippen LogP contribution in [0.15, 0.2) is 23.8 Å². The van der Waals surface area contributed by atoms with Crippen LogP contribution in [0.25, 0.3) is 6.08 Å². The number of ether oxygens (including phenoxy) is 1. The minimum Gasteiger partial charge on any atom is -0.380 e. The number of benzene rings is 1. The number of halogens is 2. The monoisotopic (exact) mass is 241 g/mol. The van der Waals surface area contributed by atoms with Crippen molar-refractivity contribution < 1.29 is 13.5 Å². The lowest BCUT2D eigenvalue weighted by Gasteiger charge is -2.06. The zero-order valence-electron chi connectivity index (χ0n) is 9.88. The van der Waals surface area contributed by atoms with Crippen LogP contribution in [-0.4, -0.2) is 20.3 Å². The fraction of sp³-hybridized carbons (Fsp3) is 0.385. The summed E-state index contributed by atoms with van der Waals surface area (Å²) in [5, 5.41) is 0. The summed E-state index contributed by atoms with van der Waals surface area (Å²) in [7, 11) is 1.58. The summed E-state index contributed by atoms with van der Waals surface area (Å²) in [5.41, 5.74) is 6.74. The maximum atomic E-state index is 13.4. The number of methoxy groups -OCH3 is 1. The van der Waals surface area contributed by atoms with Crippen LogP contribution in [-0.2, 0) is 4.74 Å². The average molecular weight is 241 g/mol. The fourth-order valence-corrected chi connectivity index (χ4v) is 1.54. The van der Waals surface area contributed by atoms with E-state index < -0.39 is 11.6 Å². The smallest absolute Gasteiger partial charge is 0.133 e. The Morgan fingerprint density at radius 1 is 1.41 bits per heavy atom. The Bertz CT molecular complexity index is 391. The van der Waals surface area contributed by atoms with Crippen molar-refractivity contribution in [1.82, 2.24) is 0 Å².